The summed E-state index contributed by atoms with van der Waals surface area (Å²) in [5, 5.41) is 0. The number of rotatable bonds is 8. The third-order valence-corrected chi connectivity index (χ3v) is 3.35. The molecule has 4 heteroatoms. The summed E-state index contributed by atoms with van der Waals surface area (Å²) in [4.78, 5) is 4.00. The van der Waals surface area contributed by atoms with Crippen molar-refractivity contribution in [2.75, 3.05) is 28.2 Å². The highest BCUT2D eigenvalue weighted by Crippen LogP contribution is 2.17. The van der Waals surface area contributed by atoms with Crippen LogP contribution in [0.25, 0.3) is 0 Å². The zero-order valence-electron chi connectivity index (χ0n) is 11.7. The minimum atomic E-state index is -0.549. The molecule has 0 radical (unpaired) electrons. The summed E-state index contributed by atoms with van der Waals surface area (Å²) >= 11 is 0. The predicted octanol–water partition coefficient (Wildman–Crippen LogP) is 1.02. The molecule has 0 aliphatic carbocycles. The van der Waals surface area contributed by atoms with Gasteiger partial charge in [0.05, 0.1) is 6.04 Å². The maximum Gasteiger partial charge on any atom is 0.140 e. The molecule has 0 fully saturated rings. The lowest BCUT2D eigenvalue weighted by Crippen LogP contribution is -2.71. The van der Waals surface area contributed by atoms with Crippen LogP contribution in [-0.4, -0.2) is 49.8 Å². The quantitative estimate of drug-likeness (QED) is 0.483. The molecular weight excluding hydrogens is 200 g/mol. The van der Waals surface area contributed by atoms with Crippen LogP contribution in [0.5, 0.6) is 0 Å². The molecule has 1 atom stereocenters. The molecule has 0 aliphatic rings. The normalized spacial score (nSPS) is 14.8. The van der Waals surface area contributed by atoms with Gasteiger partial charge >= 0.3 is 0 Å². The third-order valence-electron chi connectivity index (χ3n) is 3.35. The number of hydrogen-bond acceptors (Lipinski definition) is 4. The Morgan fingerprint density at radius 3 is 1.88 bits per heavy atom. The first-order chi connectivity index (χ1) is 7.37. The molecule has 1 unspecified atom stereocenters. The van der Waals surface area contributed by atoms with E-state index >= 15 is 0 Å². The highest BCUT2D eigenvalue weighted by atomic mass is 15.5. The van der Waals surface area contributed by atoms with Crippen molar-refractivity contribution in [1.82, 2.24) is 9.80 Å². The smallest absolute Gasteiger partial charge is 0.140 e. The number of hydrogen-bond donors (Lipinski definition) is 2. The Labute approximate surface area is 101 Å². The minimum absolute atomic E-state index is 0.0191. The molecule has 98 valence electrons. The Balaban J connectivity index is 4.24. The second kappa shape index (κ2) is 7.22. The van der Waals surface area contributed by atoms with Gasteiger partial charge < -0.3 is 5.73 Å². The van der Waals surface area contributed by atoms with Gasteiger partial charge in [-0.25, -0.2) is 0 Å². The fourth-order valence-corrected chi connectivity index (χ4v) is 2.07. The molecule has 0 saturated heterocycles. The lowest BCUT2D eigenvalue weighted by Gasteiger charge is -2.45. The van der Waals surface area contributed by atoms with Gasteiger partial charge in [-0.2, -0.15) is 0 Å². The van der Waals surface area contributed by atoms with E-state index < -0.39 is 5.79 Å². The standard InChI is InChI=1S/C12H30N4/c1-6-7-8-9-10-11(13)12(14,15(2)3)16(4)5/h11H,6-10,13-14H2,1-5H3. The van der Waals surface area contributed by atoms with Gasteiger partial charge in [-0.05, 0) is 34.6 Å². The van der Waals surface area contributed by atoms with Crippen molar-refractivity contribution in [2.45, 2.75) is 50.9 Å². The molecule has 0 aromatic rings. The van der Waals surface area contributed by atoms with E-state index in [2.05, 4.69) is 6.92 Å². The zero-order valence-corrected chi connectivity index (χ0v) is 11.7. The summed E-state index contributed by atoms with van der Waals surface area (Å²) in [5.41, 5.74) is 12.6. The average molecular weight is 230 g/mol. The molecule has 0 aromatic carbocycles. The molecule has 4 N–H and O–H groups in total. The van der Waals surface area contributed by atoms with Gasteiger partial charge in [-0.3, -0.25) is 15.5 Å². The van der Waals surface area contributed by atoms with Crippen LogP contribution in [0, 0.1) is 0 Å². The zero-order chi connectivity index (χ0) is 12.8. The van der Waals surface area contributed by atoms with Gasteiger partial charge in [0.15, 0.2) is 0 Å². The van der Waals surface area contributed by atoms with Crippen LogP contribution < -0.4 is 11.5 Å². The topological polar surface area (TPSA) is 58.5 Å². The number of unbranched alkanes of at least 4 members (excludes halogenated alkanes) is 3. The molecule has 0 bridgehead atoms. The van der Waals surface area contributed by atoms with Crippen LogP contribution >= 0.6 is 0 Å². The van der Waals surface area contributed by atoms with E-state index in [0.29, 0.717) is 0 Å². The van der Waals surface area contributed by atoms with E-state index in [1.54, 1.807) is 0 Å². The Morgan fingerprint density at radius 2 is 1.50 bits per heavy atom. The lowest BCUT2D eigenvalue weighted by molar-refractivity contribution is -0.0171. The van der Waals surface area contributed by atoms with E-state index in [0.717, 1.165) is 12.8 Å². The van der Waals surface area contributed by atoms with Gasteiger partial charge in [0.2, 0.25) is 0 Å². The number of nitrogens with two attached hydrogens (primary N) is 2. The van der Waals surface area contributed by atoms with E-state index in [1.807, 2.05) is 38.0 Å². The van der Waals surface area contributed by atoms with Crippen LogP contribution in [0.15, 0.2) is 0 Å². The highest BCUT2D eigenvalue weighted by Gasteiger charge is 2.36. The highest BCUT2D eigenvalue weighted by molar-refractivity contribution is 4.89. The Hall–Kier alpha value is -0.160. The second-order valence-electron chi connectivity index (χ2n) is 5.03. The summed E-state index contributed by atoms with van der Waals surface area (Å²) in [5.74, 6) is -0.549. The molecule has 0 rings (SSSR count). The fraction of sp³-hybridized carbons (Fsp3) is 1.00. The molecule has 0 spiro atoms. The Kier molecular flexibility index (Phi) is 7.15. The van der Waals surface area contributed by atoms with Crippen LogP contribution in [0.4, 0.5) is 0 Å². The van der Waals surface area contributed by atoms with Crippen molar-refractivity contribution >= 4 is 0 Å². The average Bonchev–Trinajstić information content (AvgIpc) is 2.22. The van der Waals surface area contributed by atoms with Gasteiger partial charge in [-0.1, -0.05) is 32.6 Å². The number of nitrogens with zero attached hydrogens (tertiary/aromatic N) is 2. The molecule has 0 saturated carbocycles. The third kappa shape index (κ3) is 4.01. The Morgan fingerprint density at radius 1 is 1.00 bits per heavy atom. The van der Waals surface area contributed by atoms with Crippen molar-refractivity contribution in [1.29, 1.82) is 0 Å². The predicted molar refractivity (Wildman–Crippen MR) is 71.0 cm³/mol. The maximum absolute atomic E-state index is 6.37. The molecule has 4 nitrogen and oxygen atoms in total. The summed E-state index contributed by atoms with van der Waals surface area (Å²) in [7, 11) is 7.91. The molecule has 0 amide bonds. The first kappa shape index (κ1) is 15.8. The molecular formula is C12H30N4. The molecule has 0 aliphatic heterocycles. The van der Waals surface area contributed by atoms with E-state index in [4.69, 9.17) is 11.5 Å². The maximum atomic E-state index is 6.37. The number of likely N-dealkylation sites (N-methyl/N-ethyl adjacent to an activating group) is 2. The van der Waals surface area contributed by atoms with E-state index in [1.165, 1.54) is 19.3 Å². The van der Waals surface area contributed by atoms with Crippen LogP contribution in [-0.2, 0) is 0 Å². The summed E-state index contributed by atoms with van der Waals surface area (Å²) in [6.45, 7) is 2.22. The van der Waals surface area contributed by atoms with Crippen molar-refractivity contribution < 1.29 is 0 Å². The van der Waals surface area contributed by atoms with Gasteiger partial charge in [0.25, 0.3) is 0 Å². The van der Waals surface area contributed by atoms with Gasteiger partial charge in [0.1, 0.15) is 5.79 Å². The van der Waals surface area contributed by atoms with Crippen LogP contribution in [0.3, 0.4) is 0 Å². The fourth-order valence-electron chi connectivity index (χ4n) is 2.07. The SMILES string of the molecule is CCCCCCC(N)C(N)(N(C)C)N(C)C. The second-order valence-corrected chi connectivity index (χ2v) is 5.03. The first-order valence-corrected chi connectivity index (χ1v) is 6.26. The minimum Gasteiger partial charge on any atom is -0.324 e. The first-order valence-electron chi connectivity index (χ1n) is 6.26. The summed E-state index contributed by atoms with van der Waals surface area (Å²) in [6, 6.07) is -0.0191. The van der Waals surface area contributed by atoms with Gasteiger partial charge in [0, 0.05) is 0 Å². The Bertz CT molecular complexity index is 172. The van der Waals surface area contributed by atoms with E-state index in [-0.39, 0.29) is 6.04 Å². The molecule has 0 heterocycles. The molecule has 0 aromatic heterocycles. The van der Waals surface area contributed by atoms with Gasteiger partial charge in [-0.15, -0.1) is 0 Å². The lowest BCUT2D eigenvalue weighted by atomic mass is 10.0. The van der Waals surface area contributed by atoms with Crippen molar-refractivity contribution in [3.05, 3.63) is 0 Å². The largest absolute Gasteiger partial charge is 0.324 e. The van der Waals surface area contributed by atoms with Crippen molar-refractivity contribution in [3.8, 4) is 0 Å². The molecule has 16 heavy (non-hydrogen) atoms. The van der Waals surface area contributed by atoms with Crippen molar-refractivity contribution in [2.24, 2.45) is 11.5 Å². The summed E-state index contributed by atoms with van der Waals surface area (Å²) in [6.07, 6.45) is 5.93. The van der Waals surface area contributed by atoms with Crippen LogP contribution in [0.1, 0.15) is 39.0 Å². The van der Waals surface area contributed by atoms with Crippen molar-refractivity contribution in [3.63, 3.8) is 0 Å². The van der Waals surface area contributed by atoms with Crippen LogP contribution in [0.2, 0.25) is 0 Å². The monoisotopic (exact) mass is 230 g/mol. The summed E-state index contributed by atoms with van der Waals surface area (Å²) < 4.78 is 0. The van der Waals surface area contributed by atoms with E-state index in [9.17, 15) is 0 Å².